The van der Waals surface area contributed by atoms with Gasteiger partial charge in [-0.2, -0.15) is 0 Å². The Morgan fingerprint density at radius 2 is 2.17 bits per heavy atom. The third kappa shape index (κ3) is 3.34. The average Bonchev–Trinajstić information content (AvgIpc) is 2.36. The molecule has 7 heteroatoms. The predicted molar refractivity (Wildman–Crippen MR) is 68.9 cm³/mol. The molecule has 1 rings (SSSR count). The Bertz CT molecular complexity index is 498. The Kier molecular flexibility index (Phi) is 4.94. The lowest BCUT2D eigenvalue weighted by Crippen LogP contribution is -2.37. The minimum Gasteiger partial charge on any atom is -0.495 e. The first-order valence-corrected chi connectivity index (χ1v) is 6.99. The van der Waals surface area contributed by atoms with Crippen LogP contribution in [0, 0.1) is 0 Å². The van der Waals surface area contributed by atoms with Crippen molar-refractivity contribution in [3.63, 3.8) is 0 Å². The van der Waals surface area contributed by atoms with Crippen molar-refractivity contribution in [1.82, 2.24) is 4.72 Å². The molecular weight excluding hydrogens is 256 g/mol. The highest BCUT2D eigenvalue weighted by Crippen LogP contribution is 2.25. The molecule has 0 amide bonds. The van der Waals surface area contributed by atoms with E-state index in [1.165, 1.54) is 19.2 Å². The zero-order valence-electron chi connectivity index (χ0n) is 10.4. The van der Waals surface area contributed by atoms with Gasteiger partial charge in [0.2, 0.25) is 10.0 Å². The number of nitrogen functional groups attached to an aromatic ring is 1. The van der Waals surface area contributed by atoms with Crippen molar-refractivity contribution in [3.05, 3.63) is 18.2 Å². The summed E-state index contributed by atoms with van der Waals surface area (Å²) in [6, 6.07) is 3.84. The molecule has 0 aromatic heterocycles. The van der Waals surface area contributed by atoms with Crippen molar-refractivity contribution in [3.8, 4) is 5.75 Å². The monoisotopic (exact) mass is 274 g/mol. The minimum atomic E-state index is -3.76. The first-order chi connectivity index (χ1) is 8.44. The molecule has 0 aliphatic carbocycles. The summed E-state index contributed by atoms with van der Waals surface area (Å²) in [5.41, 5.74) is 5.90. The number of aliphatic hydroxyl groups excluding tert-OH is 1. The number of hydrogen-bond donors (Lipinski definition) is 3. The van der Waals surface area contributed by atoms with E-state index in [-0.39, 0.29) is 17.3 Å². The van der Waals surface area contributed by atoms with Gasteiger partial charge in [-0.1, -0.05) is 6.92 Å². The van der Waals surface area contributed by atoms with Gasteiger partial charge in [0.05, 0.1) is 13.7 Å². The summed E-state index contributed by atoms with van der Waals surface area (Å²) < 4.78 is 31.7. The fourth-order valence-electron chi connectivity index (χ4n) is 1.44. The van der Waals surface area contributed by atoms with E-state index in [1.54, 1.807) is 13.0 Å². The molecule has 1 atom stereocenters. The molecule has 0 fully saturated rings. The number of hydrogen-bond acceptors (Lipinski definition) is 5. The van der Waals surface area contributed by atoms with Gasteiger partial charge in [0.1, 0.15) is 10.6 Å². The van der Waals surface area contributed by atoms with E-state index in [4.69, 9.17) is 15.6 Å². The van der Waals surface area contributed by atoms with E-state index in [0.29, 0.717) is 12.1 Å². The summed E-state index contributed by atoms with van der Waals surface area (Å²) in [7, 11) is -2.38. The molecule has 0 aliphatic heterocycles. The molecule has 1 aromatic carbocycles. The SMILES string of the molecule is CC[C@@H](CO)NS(=O)(=O)c1cc(N)ccc1OC. The highest BCUT2D eigenvalue weighted by atomic mass is 32.2. The van der Waals surface area contributed by atoms with Crippen LogP contribution in [0.25, 0.3) is 0 Å². The molecule has 6 nitrogen and oxygen atoms in total. The smallest absolute Gasteiger partial charge is 0.244 e. The number of anilines is 1. The number of ether oxygens (including phenoxy) is 1. The second kappa shape index (κ2) is 6.03. The predicted octanol–water partition coefficient (Wildman–Crippen LogP) is 0.327. The zero-order valence-corrected chi connectivity index (χ0v) is 11.2. The van der Waals surface area contributed by atoms with Crippen molar-refractivity contribution >= 4 is 15.7 Å². The minimum absolute atomic E-state index is 0.0306. The fraction of sp³-hybridized carbons (Fsp3) is 0.455. The lowest BCUT2D eigenvalue weighted by Gasteiger charge is -2.16. The topological polar surface area (TPSA) is 102 Å². The van der Waals surface area contributed by atoms with Crippen LogP contribution in [-0.2, 0) is 10.0 Å². The second-order valence-electron chi connectivity index (χ2n) is 3.82. The van der Waals surface area contributed by atoms with Crippen molar-refractivity contribution in [1.29, 1.82) is 0 Å². The number of aliphatic hydroxyl groups is 1. The third-order valence-electron chi connectivity index (χ3n) is 2.51. The Balaban J connectivity index is 3.15. The van der Waals surface area contributed by atoms with E-state index in [9.17, 15) is 8.42 Å². The van der Waals surface area contributed by atoms with Gasteiger partial charge in [0, 0.05) is 11.7 Å². The highest BCUT2D eigenvalue weighted by molar-refractivity contribution is 7.89. The Morgan fingerprint density at radius 1 is 1.50 bits per heavy atom. The lowest BCUT2D eigenvalue weighted by molar-refractivity contribution is 0.253. The van der Waals surface area contributed by atoms with Gasteiger partial charge < -0.3 is 15.6 Å². The number of nitrogens with two attached hydrogens (primary N) is 1. The molecule has 0 unspecified atom stereocenters. The first kappa shape index (κ1) is 14.7. The van der Waals surface area contributed by atoms with Crippen LogP contribution in [0.15, 0.2) is 23.1 Å². The van der Waals surface area contributed by atoms with Crippen LogP contribution in [0.1, 0.15) is 13.3 Å². The van der Waals surface area contributed by atoms with Gasteiger partial charge in [0.25, 0.3) is 0 Å². The molecule has 4 N–H and O–H groups in total. The maximum Gasteiger partial charge on any atom is 0.244 e. The zero-order chi connectivity index (χ0) is 13.8. The largest absolute Gasteiger partial charge is 0.495 e. The van der Waals surface area contributed by atoms with Crippen LogP contribution < -0.4 is 15.2 Å². The number of nitrogens with one attached hydrogen (secondary N) is 1. The molecule has 18 heavy (non-hydrogen) atoms. The van der Waals surface area contributed by atoms with E-state index >= 15 is 0 Å². The van der Waals surface area contributed by atoms with Gasteiger partial charge in [0.15, 0.2) is 0 Å². The quantitative estimate of drug-likeness (QED) is 0.649. The fourth-order valence-corrected chi connectivity index (χ4v) is 2.95. The van der Waals surface area contributed by atoms with Crippen molar-refractivity contribution < 1.29 is 18.3 Å². The van der Waals surface area contributed by atoms with Crippen molar-refractivity contribution in [2.75, 3.05) is 19.5 Å². The molecule has 1 aromatic rings. The molecule has 0 saturated heterocycles. The van der Waals surface area contributed by atoms with Gasteiger partial charge in [-0.25, -0.2) is 13.1 Å². The van der Waals surface area contributed by atoms with Crippen LogP contribution in [0.5, 0.6) is 5.75 Å². The maximum absolute atomic E-state index is 12.1. The van der Waals surface area contributed by atoms with E-state index in [2.05, 4.69) is 4.72 Å². The summed E-state index contributed by atoms with van der Waals surface area (Å²) >= 11 is 0. The number of benzene rings is 1. The van der Waals surface area contributed by atoms with Crippen LogP contribution in [0.3, 0.4) is 0 Å². The van der Waals surface area contributed by atoms with Crippen molar-refractivity contribution in [2.45, 2.75) is 24.3 Å². The van der Waals surface area contributed by atoms with E-state index in [0.717, 1.165) is 0 Å². The third-order valence-corrected chi connectivity index (χ3v) is 4.05. The van der Waals surface area contributed by atoms with E-state index in [1.807, 2.05) is 0 Å². The van der Waals surface area contributed by atoms with Gasteiger partial charge in [-0.05, 0) is 24.6 Å². The Labute approximate surface area is 107 Å². The molecular formula is C11H18N2O4S. The highest BCUT2D eigenvalue weighted by Gasteiger charge is 2.22. The van der Waals surface area contributed by atoms with Crippen molar-refractivity contribution in [2.24, 2.45) is 0 Å². The molecule has 102 valence electrons. The molecule has 0 radical (unpaired) electrons. The molecule has 0 bridgehead atoms. The van der Waals surface area contributed by atoms with Gasteiger partial charge in [-0.3, -0.25) is 0 Å². The summed E-state index contributed by atoms with van der Waals surface area (Å²) in [4.78, 5) is -0.0306. The second-order valence-corrected chi connectivity index (χ2v) is 5.50. The van der Waals surface area contributed by atoms with Crippen LogP contribution in [0.4, 0.5) is 5.69 Å². The summed E-state index contributed by atoms with van der Waals surface area (Å²) in [5.74, 6) is 0.212. The number of rotatable bonds is 6. The van der Waals surface area contributed by atoms with Gasteiger partial charge >= 0.3 is 0 Å². The molecule has 0 spiro atoms. The summed E-state index contributed by atoms with van der Waals surface area (Å²) in [6.45, 7) is 1.51. The summed E-state index contributed by atoms with van der Waals surface area (Å²) in [6.07, 6.45) is 0.486. The van der Waals surface area contributed by atoms with Gasteiger partial charge in [-0.15, -0.1) is 0 Å². The van der Waals surface area contributed by atoms with Crippen LogP contribution in [0.2, 0.25) is 0 Å². The molecule has 0 saturated carbocycles. The molecule has 0 heterocycles. The maximum atomic E-state index is 12.1. The molecule has 0 aliphatic rings. The van der Waals surface area contributed by atoms with Crippen LogP contribution >= 0.6 is 0 Å². The average molecular weight is 274 g/mol. The van der Waals surface area contributed by atoms with Crippen LogP contribution in [-0.4, -0.2) is 33.3 Å². The Hall–Kier alpha value is -1.31. The number of sulfonamides is 1. The number of methoxy groups -OCH3 is 1. The summed E-state index contributed by atoms with van der Waals surface area (Å²) in [5, 5.41) is 9.03. The Morgan fingerprint density at radius 3 is 2.67 bits per heavy atom. The first-order valence-electron chi connectivity index (χ1n) is 5.51. The lowest BCUT2D eigenvalue weighted by atomic mass is 10.3. The normalized spacial score (nSPS) is 13.3. The van der Waals surface area contributed by atoms with E-state index < -0.39 is 16.1 Å². The standard InChI is InChI=1S/C11H18N2O4S/c1-3-9(7-14)13-18(15,16)11-6-8(12)4-5-10(11)17-2/h4-6,9,13-14H,3,7,12H2,1-2H3/t9-/m0/s1.